The van der Waals surface area contributed by atoms with Crippen LogP contribution in [0.1, 0.15) is 21.5 Å². The highest BCUT2D eigenvalue weighted by Gasteiger charge is 2.11. The van der Waals surface area contributed by atoms with Crippen molar-refractivity contribution in [3.05, 3.63) is 62.7 Å². The van der Waals surface area contributed by atoms with Gasteiger partial charge in [-0.15, -0.1) is 0 Å². The molecule has 0 atom stereocenters. The molecule has 20 heavy (non-hydrogen) atoms. The third kappa shape index (κ3) is 3.02. The van der Waals surface area contributed by atoms with Gasteiger partial charge in [0.2, 0.25) is 0 Å². The summed E-state index contributed by atoms with van der Waals surface area (Å²) in [7, 11) is 0. The molecule has 0 radical (unpaired) electrons. The van der Waals surface area contributed by atoms with Gasteiger partial charge in [-0.25, -0.2) is 0 Å². The highest BCUT2D eigenvalue weighted by atomic mass is 127. The van der Waals surface area contributed by atoms with Crippen molar-refractivity contribution in [3.63, 3.8) is 0 Å². The van der Waals surface area contributed by atoms with Gasteiger partial charge in [-0.1, -0.05) is 12.1 Å². The first kappa shape index (κ1) is 13.6. The van der Waals surface area contributed by atoms with Crippen molar-refractivity contribution in [1.29, 1.82) is 0 Å². The van der Waals surface area contributed by atoms with Gasteiger partial charge in [-0.2, -0.15) is 0 Å². The first-order valence-corrected chi connectivity index (χ1v) is 7.70. The molecule has 2 aromatic carbocycles. The maximum absolute atomic E-state index is 12.2. The molecule has 102 valence electrons. The standard InChI is InChI=1S/C16H15IN2O/c17-14-3-1-2-12(8-14)16(20)19-15-5-4-11-6-7-18-10-13(11)9-15/h1-5,8-9,18H,6-7,10H2,(H,19,20). The topological polar surface area (TPSA) is 41.1 Å². The number of anilines is 1. The summed E-state index contributed by atoms with van der Waals surface area (Å²) < 4.78 is 1.06. The lowest BCUT2D eigenvalue weighted by atomic mass is 10.0. The van der Waals surface area contributed by atoms with Crippen LogP contribution in [-0.4, -0.2) is 12.5 Å². The molecule has 0 aromatic heterocycles. The molecule has 3 nitrogen and oxygen atoms in total. The fraction of sp³-hybridized carbons (Fsp3) is 0.188. The largest absolute Gasteiger partial charge is 0.322 e. The van der Waals surface area contributed by atoms with Gasteiger partial charge in [0, 0.05) is 21.4 Å². The Hall–Kier alpha value is -1.40. The molecule has 1 aliphatic rings. The van der Waals surface area contributed by atoms with Crippen LogP contribution in [-0.2, 0) is 13.0 Å². The molecule has 3 rings (SSSR count). The van der Waals surface area contributed by atoms with E-state index in [9.17, 15) is 4.79 Å². The van der Waals surface area contributed by atoms with Crippen LogP contribution in [0.3, 0.4) is 0 Å². The number of nitrogens with one attached hydrogen (secondary N) is 2. The van der Waals surface area contributed by atoms with Crippen molar-refractivity contribution in [2.45, 2.75) is 13.0 Å². The maximum atomic E-state index is 12.2. The normalized spacial score (nSPS) is 13.7. The van der Waals surface area contributed by atoms with E-state index in [1.165, 1.54) is 11.1 Å². The number of amides is 1. The molecule has 1 amide bonds. The first-order chi connectivity index (χ1) is 9.72. The smallest absolute Gasteiger partial charge is 0.255 e. The van der Waals surface area contributed by atoms with Crippen molar-refractivity contribution >= 4 is 34.2 Å². The van der Waals surface area contributed by atoms with Crippen LogP contribution in [0.5, 0.6) is 0 Å². The molecule has 0 fully saturated rings. The quantitative estimate of drug-likeness (QED) is 0.789. The molecule has 0 bridgehead atoms. The summed E-state index contributed by atoms with van der Waals surface area (Å²) in [5.74, 6) is -0.0627. The Balaban J connectivity index is 1.79. The van der Waals surface area contributed by atoms with E-state index in [0.717, 1.165) is 28.8 Å². The Morgan fingerprint density at radius 2 is 2.05 bits per heavy atom. The third-order valence-electron chi connectivity index (χ3n) is 3.44. The lowest BCUT2D eigenvalue weighted by Gasteiger charge is -2.18. The van der Waals surface area contributed by atoms with Gasteiger partial charge < -0.3 is 10.6 Å². The number of carbonyl (C=O) groups excluding carboxylic acids is 1. The molecular formula is C16H15IN2O. The average molecular weight is 378 g/mol. The fourth-order valence-corrected chi connectivity index (χ4v) is 2.93. The van der Waals surface area contributed by atoms with Crippen molar-refractivity contribution in [1.82, 2.24) is 5.32 Å². The lowest BCUT2D eigenvalue weighted by Crippen LogP contribution is -2.23. The van der Waals surface area contributed by atoms with Crippen LogP contribution in [0, 0.1) is 3.57 Å². The first-order valence-electron chi connectivity index (χ1n) is 6.62. The number of rotatable bonds is 2. The molecular weight excluding hydrogens is 363 g/mol. The Morgan fingerprint density at radius 3 is 2.90 bits per heavy atom. The van der Waals surface area contributed by atoms with Crippen LogP contribution in [0.25, 0.3) is 0 Å². The van der Waals surface area contributed by atoms with E-state index in [4.69, 9.17) is 0 Å². The second kappa shape index (κ2) is 5.93. The summed E-state index contributed by atoms with van der Waals surface area (Å²) in [4.78, 5) is 12.2. The Morgan fingerprint density at radius 1 is 1.15 bits per heavy atom. The van der Waals surface area contributed by atoms with Crippen LogP contribution < -0.4 is 10.6 Å². The number of hydrogen-bond acceptors (Lipinski definition) is 2. The Bertz CT molecular complexity index is 655. The van der Waals surface area contributed by atoms with Gasteiger partial charge in [0.05, 0.1) is 0 Å². The van der Waals surface area contributed by atoms with Crippen LogP contribution in [0.15, 0.2) is 42.5 Å². The van der Waals surface area contributed by atoms with Gasteiger partial charge >= 0.3 is 0 Å². The summed E-state index contributed by atoms with van der Waals surface area (Å²) >= 11 is 2.21. The SMILES string of the molecule is O=C(Nc1ccc2c(c1)CNCC2)c1cccc(I)c1. The number of carbonyl (C=O) groups is 1. The number of benzene rings is 2. The van der Waals surface area contributed by atoms with Gasteiger partial charge in [0.15, 0.2) is 0 Å². The van der Waals surface area contributed by atoms with E-state index in [2.05, 4.69) is 45.4 Å². The summed E-state index contributed by atoms with van der Waals surface area (Å²) in [5, 5.41) is 6.31. The van der Waals surface area contributed by atoms with E-state index < -0.39 is 0 Å². The predicted octanol–water partition coefficient (Wildman–Crippen LogP) is 3.19. The molecule has 0 saturated heterocycles. The van der Waals surface area contributed by atoms with Crippen molar-refractivity contribution in [2.24, 2.45) is 0 Å². The van der Waals surface area contributed by atoms with E-state index in [1.807, 2.05) is 30.3 Å². The van der Waals surface area contributed by atoms with E-state index in [-0.39, 0.29) is 5.91 Å². The van der Waals surface area contributed by atoms with Crippen molar-refractivity contribution in [2.75, 3.05) is 11.9 Å². The van der Waals surface area contributed by atoms with E-state index in [1.54, 1.807) is 0 Å². The summed E-state index contributed by atoms with van der Waals surface area (Å²) in [6.07, 6.45) is 1.06. The fourth-order valence-electron chi connectivity index (χ4n) is 2.39. The zero-order valence-electron chi connectivity index (χ0n) is 10.9. The van der Waals surface area contributed by atoms with Gasteiger partial charge in [-0.3, -0.25) is 4.79 Å². The van der Waals surface area contributed by atoms with Crippen LogP contribution in [0.2, 0.25) is 0 Å². The molecule has 4 heteroatoms. The third-order valence-corrected chi connectivity index (χ3v) is 4.11. The molecule has 0 unspecified atom stereocenters. The second-order valence-corrected chi connectivity index (χ2v) is 6.12. The average Bonchev–Trinajstić information content (AvgIpc) is 2.47. The highest BCUT2D eigenvalue weighted by molar-refractivity contribution is 14.1. The molecule has 1 aliphatic heterocycles. The number of fused-ring (bicyclic) bond motifs is 1. The Labute approximate surface area is 131 Å². The number of halogens is 1. The highest BCUT2D eigenvalue weighted by Crippen LogP contribution is 2.19. The van der Waals surface area contributed by atoms with Gasteiger partial charge in [0.25, 0.3) is 5.91 Å². The molecule has 2 N–H and O–H groups in total. The zero-order valence-corrected chi connectivity index (χ0v) is 13.1. The van der Waals surface area contributed by atoms with Gasteiger partial charge in [0.1, 0.15) is 0 Å². The lowest BCUT2D eigenvalue weighted by molar-refractivity contribution is 0.102. The summed E-state index contributed by atoms with van der Waals surface area (Å²) in [5.41, 5.74) is 4.19. The van der Waals surface area contributed by atoms with Crippen LogP contribution in [0.4, 0.5) is 5.69 Å². The van der Waals surface area contributed by atoms with E-state index in [0.29, 0.717) is 5.56 Å². The minimum absolute atomic E-state index is 0.0627. The minimum atomic E-state index is -0.0627. The molecule has 0 spiro atoms. The zero-order chi connectivity index (χ0) is 13.9. The minimum Gasteiger partial charge on any atom is -0.322 e. The van der Waals surface area contributed by atoms with Crippen molar-refractivity contribution < 1.29 is 4.79 Å². The summed E-state index contributed by atoms with van der Waals surface area (Å²) in [6, 6.07) is 13.7. The predicted molar refractivity (Wildman–Crippen MR) is 89.0 cm³/mol. The number of hydrogen-bond donors (Lipinski definition) is 2. The Kier molecular flexibility index (Phi) is 4.03. The molecule has 0 aliphatic carbocycles. The molecule has 1 heterocycles. The van der Waals surface area contributed by atoms with Crippen molar-refractivity contribution in [3.8, 4) is 0 Å². The molecule has 0 saturated carbocycles. The van der Waals surface area contributed by atoms with E-state index >= 15 is 0 Å². The van der Waals surface area contributed by atoms with Crippen LogP contribution >= 0.6 is 22.6 Å². The molecule has 2 aromatic rings. The maximum Gasteiger partial charge on any atom is 0.255 e. The monoisotopic (exact) mass is 378 g/mol. The summed E-state index contributed by atoms with van der Waals surface area (Å²) in [6.45, 7) is 1.91. The van der Waals surface area contributed by atoms with Gasteiger partial charge in [-0.05, 0) is 77.0 Å². The second-order valence-electron chi connectivity index (χ2n) is 4.87.